The van der Waals surface area contributed by atoms with E-state index in [4.69, 9.17) is 33.0 Å². The summed E-state index contributed by atoms with van der Waals surface area (Å²) >= 11 is 16.4. The molecule has 1 unspecified atom stereocenters. The number of ether oxygens (including phenoxy) is 1. The lowest BCUT2D eigenvalue weighted by atomic mass is 9.90. The molecule has 0 aliphatic carbocycles. The zero-order chi connectivity index (χ0) is 23.3. The Balaban J connectivity index is 1.32. The maximum Gasteiger partial charge on any atom is 0.200 e. The van der Waals surface area contributed by atoms with E-state index in [2.05, 4.69) is 74.4 Å². The zero-order valence-corrected chi connectivity index (χ0v) is 21.7. The predicted octanol–water partition coefficient (Wildman–Crippen LogP) is 7.29. The largest absolute Gasteiger partial charge is 0.466 e. The number of hydrogen-bond acceptors (Lipinski definition) is 4. The molecule has 7 heteroatoms. The molecule has 0 radical (unpaired) electrons. The maximum absolute atomic E-state index is 6.78. The summed E-state index contributed by atoms with van der Waals surface area (Å²) in [6, 6.07) is 22.7. The molecule has 0 saturated carbocycles. The summed E-state index contributed by atoms with van der Waals surface area (Å²) in [5, 5.41) is 8.64. The second-order valence-electron chi connectivity index (χ2n) is 9.23. The summed E-state index contributed by atoms with van der Waals surface area (Å²) in [5.74, 6) is 0.958. The van der Waals surface area contributed by atoms with Gasteiger partial charge in [0.1, 0.15) is 5.75 Å². The highest BCUT2D eigenvalue weighted by Crippen LogP contribution is 2.51. The minimum absolute atomic E-state index is 0.115. The molecule has 1 fully saturated rings. The fraction of sp³-hybridized carbons (Fsp3) is 0.296. The third-order valence-electron chi connectivity index (χ3n) is 7.09. The summed E-state index contributed by atoms with van der Waals surface area (Å²) in [4.78, 5) is 2.51. The highest BCUT2D eigenvalue weighted by Gasteiger charge is 2.52. The van der Waals surface area contributed by atoms with Gasteiger partial charge in [-0.05, 0) is 35.9 Å². The van der Waals surface area contributed by atoms with Crippen LogP contribution < -0.4 is 4.74 Å². The number of piperidine rings is 1. The van der Waals surface area contributed by atoms with Crippen molar-refractivity contribution in [3.8, 4) is 5.75 Å². The first-order valence-electron chi connectivity index (χ1n) is 11.6. The van der Waals surface area contributed by atoms with E-state index in [1.54, 1.807) is 6.07 Å². The average molecular weight is 557 g/mol. The Morgan fingerprint density at radius 3 is 2.56 bits per heavy atom. The second-order valence-corrected chi connectivity index (χ2v) is 11.0. The van der Waals surface area contributed by atoms with E-state index in [9.17, 15) is 0 Å². The molecule has 3 aromatic rings. The Hall–Kier alpha value is -2.05. The molecule has 0 N–H and O–H groups in total. The van der Waals surface area contributed by atoms with E-state index in [1.807, 2.05) is 12.1 Å². The highest BCUT2D eigenvalue weighted by molar-refractivity contribution is 9.10. The molecular formula is C27H24BrCl2N3O. The van der Waals surface area contributed by atoms with E-state index < -0.39 is 5.72 Å². The van der Waals surface area contributed by atoms with Crippen LogP contribution in [0, 0.1) is 0 Å². The molecule has 3 aromatic carbocycles. The lowest BCUT2D eigenvalue weighted by Gasteiger charge is -2.51. The van der Waals surface area contributed by atoms with Crippen LogP contribution in [0.3, 0.4) is 0 Å². The van der Waals surface area contributed by atoms with Crippen LogP contribution in [0.2, 0.25) is 10.0 Å². The summed E-state index contributed by atoms with van der Waals surface area (Å²) < 4.78 is 7.82. The zero-order valence-electron chi connectivity index (χ0n) is 18.6. The van der Waals surface area contributed by atoms with E-state index >= 15 is 0 Å². The molecule has 4 nitrogen and oxygen atoms in total. The van der Waals surface area contributed by atoms with Crippen LogP contribution in [0.25, 0.3) is 0 Å². The molecular weight excluding hydrogens is 533 g/mol. The fourth-order valence-electron chi connectivity index (χ4n) is 5.37. The number of hydrazone groups is 1. The van der Waals surface area contributed by atoms with Crippen molar-refractivity contribution in [2.24, 2.45) is 5.10 Å². The van der Waals surface area contributed by atoms with E-state index in [0.717, 1.165) is 66.0 Å². The first-order valence-corrected chi connectivity index (χ1v) is 13.1. The van der Waals surface area contributed by atoms with Crippen molar-refractivity contribution >= 4 is 44.8 Å². The first-order chi connectivity index (χ1) is 16.5. The van der Waals surface area contributed by atoms with Crippen molar-refractivity contribution in [1.29, 1.82) is 0 Å². The number of halogens is 3. The van der Waals surface area contributed by atoms with Crippen LogP contribution in [-0.2, 0) is 6.54 Å². The van der Waals surface area contributed by atoms with Crippen LogP contribution >= 0.6 is 39.1 Å². The third-order valence-corrected chi connectivity index (χ3v) is 8.13. The monoisotopic (exact) mass is 555 g/mol. The van der Waals surface area contributed by atoms with Crippen molar-refractivity contribution in [3.05, 3.63) is 97.9 Å². The Morgan fingerprint density at radius 1 is 1.00 bits per heavy atom. The van der Waals surface area contributed by atoms with Crippen molar-refractivity contribution < 1.29 is 4.74 Å². The smallest absolute Gasteiger partial charge is 0.200 e. The van der Waals surface area contributed by atoms with Crippen molar-refractivity contribution in [3.63, 3.8) is 0 Å². The molecule has 1 saturated heterocycles. The van der Waals surface area contributed by atoms with Crippen LogP contribution in [0.5, 0.6) is 5.75 Å². The standard InChI is InChI=1S/C27H24BrCl2N3O/c28-19-6-9-26-22(14-19)25-16-24(21-8-7-20(29)15-23(21)30)31-33(25)27(34-26)10-12-32(13-11-27)17-18-4-2-1-3-5-18/h1-9,14-15,25H,10-13,16-17H2. The molecule has 0 amide bonds. The van der Waals surface area contributed by atoms with E-state index in [-0.39, 0.29) is 6.04 Å². The quantitative estimate of drug-likeness (QED) is 0.339. The Morgan fingerprint density at radius 2 is 1.79 bits per heavy atom. The van der Waals surface area contributed by atoms with Crippen LogP contribution in [-0.4, -0.2) is 34.4 Å². The Kier molecular flexibility index (Phi) is 5.85. The topological polar surface area (TPSA) is 28.1 Å². The summed E-state index contributed by atoms with van der Waals surface area (Å²) in [5.41, 5.74) is 3.97. The number of nitrogens with zero attached hydrogens (tertiary/aromatic N) is 3. The van der Waals surface area contributed by atoms with Crippen LogP contribution in [0.4, 0.5) is 0 Å². The van der Waals surface area contributed by atoms with Gasteiger partial charge in [-0.25, -0.2) is 5.01 Å². The minimum Gasteiger partial charge on any atom is -0.466 e. The molecule has 34 heavy (non-hydrogen) atoms. The van der Waals surface area contributed by atoms with Gasteiger partial charge in [-0.1, -0.05) is 75.5 Å². The van der Waals surface area contributed by atoms with Gasteiger partial charge in [0, 0.05) is 59.5 Å². The van der Waals surface area contributed by atoms with Gasteiger partial charge in [-0.3, -0.25) is 4.90 Å². The molecule has 3 aliphatic rings. The van der Waals surface area contributed by atoms with Gasteiger partial charge in [-0.2, -0.15) is 5.10 Å². The van der Waals surface area contributed by atoms with Gasteiger partial charge in [0.2, 0.25) is 5.72 Å². The number of benzene rings is 3. The lowest BCUT2D eigenvalue weighted by Crippen LogP contribution is -2.59. The predicted molar refractivity (Wildman–Crippen MR) is 141 cm³/mol. The van der Waals surface area contributed by atoms with E-state index in [1.165, 1.54) is 5.56 Å². The minimum atomic E-state index is -0.459. The number of rotatable bonds is 3. The molecule has 0 bridgehead atoms. The molecule has 1 spiro atoms. The van der Waals surface area contributed by atoms with Crippen LogP contribution in [0.15, 0.2) is 76.3 Å². The van der Waals surface area contributed by atoms with Gasteiger partial charge >= 0.3 is 0 Å². The summed E-state index contributed by atoms with van der Waals surface area (Å²) in [6.07, 6.45) is 2.55. The van der Waals surface area contributed by atoms with Crippen molar-refractivity contribution in [1.82, 2.24) is 9.91 Å². The van der Waals surface area contributed by atoms with Gasteiger partial charge in [0.15, 0.2) is 0 Å². The van der Waals surface area contributed by atoms with E-state index in [0.29, 0.717) is 10.0 Å². The number of likely N-dealkylation sites (tertiary alicyclic amines) is 1. The SMILES string of the molecule is Clc1ccc(C2=NN3C(C2)c2cc(Br)ccc2OC32CCN(Cc3ccccc3)CC2)c(Cl)c1. The first kappa shape index (κ1) is 22.4. The summed E-state index contributed by atoms with van der Waals surface area (Å²) in [7, 11) is 0. The Labute approximate surface area is 218 Å². The van der Waals surface area contributed by atoms with Crippen LogP contribution in [0.1, 0.15) is 42.0 Å². The fourth-order valence-corrected chi connectivity index (χ4v) is 6.27. The summed E-state index contributed by atoms with van der Waals surface area (Å²) in [6.45, 7) is 2.87. The van der Waals surface area contributed by atoms with Crippen molar-refractivity contribution in [2.75, 3.05) is 13.1 Å². The third kappa shape index (κ3) is 4.03. The molecule has 6 rings (SSSR count). The van der Waals surface area contributed by atoms with Gasteiger partial charge < -0.3 is 4.74 Å². The molecule has 174 valence electrons. The average Bonchev–Trinajstić information content (AvgIpc) is 3.28. The molecule has 0 aromatic heterocycles. The van der Waals surface area contributed by atoms with Gasteiger partial charge in [0.05, 0.1) is 16.8 Å². The molecule has 3 aliphatic heterocycles. The Bertz CT molecular complexity index is 1260. The number of fused-ring (bicyclic) bond motifs is 4. The second kappa shape index (κ2) is 8.87. The van der Waals surface area contributed by atoms with Crippen molar-refractivity contribution in [2.45, 2.75) is 37.6 Å². The lowest BCUT2D eigenvalue weighted by molar-refractivity contribution is -0.150. The maximum atomic E-state index is 6.78. The molecule has 1 atom stereocenters. The highest BCUT2D eigenvalue weighted by atomic mass is 79.9. The number of hydrogen-bond donors (Lipinski definition) is 0. The van der Waals surface area contributed by atoms with Gasteiger partial charge in [0.25, 0.3) is 0 Å². The molecule has 3 heterocycles. The normalized spacial score (nSPS) is 21.1. The van der Waals surface area contributed by atoms with Gasteiger partial charge in [-0.15, -0.1) is 0 Å².